The Bertz CT molecular complexity index is 376. The van der Waals surface area contributed by atoms with Gasteiger partial charge in [-0.1, -0.05) is 6.92 Å². The molecule has 108 valence electrons. The van der Waals surface area contributed by atoms with Crippen molar-refractivity contribution in [2.75, 3.05) is 12.4 Å². The Hall–Kier alpha value is -1.28. The molecule has 0 aromatic heterocycles. The lowest BCUT2D eigenvalue weighted by atomic mass is 10.2. The van der Waals surface area contributed by atoms with Crippen LogP contribution in [-0.2, 0) is 19.1 Å². The van der Waals surface area contributed by atoms with E-state index >= 15 is 0 Å². The molecule has 0 spiro atoms. The van der Waals surface area contributed by atoms with Gasteiger partial charge in [-0.2, -0.15) is 0 Å². The average molecular weight is 290 g/mol. The van der Waals surface area contributed by atoms with Gasteiger partial charge in [0.15, 0.2) is 6.04 Å². The van der Waals surface area contributed by atoms with Crippen molar-refractivity contribution in [2.24, 2.45) is 5.73 Å². The van der Waals surface area contributed by atoms with E-state index in [0.29, 0.717) is 12.2 Å². The predicted octanol–water partition coefficient (Wildman–Crippen LogP) is -0.358. The number of nitrogens with zero attached hydrogens (tertiary/aromatic N) is 1. The van der Waals surface area contributed by atoms with E-state index in [9.17, 15) is 14.4 Å². The number of carbonyl (C=O) groups is 3. The molecule has 0 saturated carbocycles. The zero-order valence-electron chi connectivity index (χ0n) is 10.9. The number of nitrogens with two attached hydrogens (primary N) is 1. The first-order chi connectivity index (χ1) is 8.93. The molecule has 3 N–H and O–H groups in total. The fourth-order valence-corrected chi connectivity index (χ4v) is 3.21. The number of carboxylic acid groups (broad SMARTS) is 1. The molecule has 1 saturated heterocycles. The Morgan fingerprint density at radius 1 is 1.47 bits per heavy atom. The lowest BCUT2D eigenvalue weighted by molar-refractivity contribution is -0.156. The molecule has 0 aliphatic carbocycles. The maximum atomic E-state index is 12.2. The second kappa shape index (κ2) is 6.76. The molecule has 1 rings (SSSR count). The Morgan fingerprint density at radius 2 is 2.11 bits per heavy atom. The van der Waals surface area contributed by atoms with Gasteiger partial charge in [0.1, 0.15) is 6.04 Å². The second-order valence-electron chi connectivity index (χ2n) is 4.03. The Morgan fingerprint density at radius 3 is 2.58 bits per heavy atom. The van der Waals surface area contributed by atoms with Crippen LogP contribution in [0.25, 0.3) is 0 Å². The van der Waals surface area contributed by atoms with E-state index in [0.717, 1.165) is 0 Å². The normalized spacial score (nSPS) is 24.1. The summed E-state index contributed by atoms with van der Waals surface area (Å²) in [5.41, 5.74) is 5.54. The number of ether oxygens (including phenoxy) is 1. The van der Waals surface area contributed by atoms with Gasteiger partial charge in [0.2, 0.25) is 0 Å². The van der Waals surface area contributed by atoms with Crippen molar-refractivity contribution in [1.29, 1.82) is 0 Å². The largest absolute Gasteiger partial charge is 0.480 e. The third-order valence-corrected chi connectivity index (χ3v) is 4.24. The number of amides is 1. The summed E-state index contributed by atoms with van der Waals surface area (Å²) in [5, 5.41) is 8.84. The van der Waals surface area contributed by atoms with E-state index in [1.54, 1.807) is 6.92 Å². The summed E-state index contributed by atoms with van der Waals surface area (Å²) in [7, 11) is 0. The molecule has 1 aliphatic heterocycles. The molecule has 1 amide bonds. The lowest BCUT2D eigenvalue weighted by Crippen LogP contribution is -2.54. The van der Waals surface area contributed by atoms with Crippen molar-refractivity contribution in [3.63, 3.8) is 0 Å². The first-order valence-electron chi connectivity index (χ1n) is 6.02. The van der Waals surface area contributed by atoms with Crippen LogP contribution in [0, 0.1) is 0 Å². The van der Waals surface area contributed by atoms with Gasteiger partial charge < -0.3 is 20.5 Å². The molecule has 0 aromatic carbocycles. The predicted molar refractivity (Wildman–Crippen MR) is 69.4 cm³/mol. The maximum absolute atomic E-state index is 12.2. The summed E-state index contributed by atoms with van der Waals surface area (Å²) < 4.78 is 4.68. The van der Waals surface area contributed by atoms with Crippen molar-refractivity contribution in [2.45, 2.75) is 37.7 Å². The van der Waals surface area contributed by atoms with Gasteiger partial charge in [0, 0.05) is 5.75 Å². The van der Waals surface area contributed by atoms with E-state index in [2.05, 4.69) is 4.74 Å². The Kier molecular flexibility index (Phi) is 5.61. The Labute approximate surface area is 115 Å². The molecule has 1 aliphatic rings. The maximum Gasteiger partial charge on any atom is 0.332 e. The van der Waals surface area contributed by atoms with Gasteiger partial charge >= 0.3 is 11.9 Å². The SMILES string of the molecule is CCOC(=O)C(N)C(=O)N1C(CC)SCC1C(=O)O. The summed E-state index contributed by atoms with van der Waals surface area (Å²) in [6.45, 7) is 3.57. The van der Waals surface area contributed by atoms with Crippen LogP contribution >= 0.6 is 11.8 Å². The minimum Gasteiger partial charge on any atom is -0.480 e. The number of hydrogen-bond acceptors (Lipinski definition) is 6. The molecule has 3 atom stereocenters. The van der Waals surface area contributed by atoms with Crippen molar-refractivity contribution in [3.05, 3.63) is 0 Å². The highest BCUT2D eigenvalue weighted by molar-refractivity contribution is 8.00. The van der Waals surface area contributed by atoms with Crippen molar-refractivity contribution >= 4 is 29.6 Å². The highest BCUT2D eigenvalue weighted by Gasteiger charge is 2.44. The molecular formula is C11H18N2O5S. The quantitative estimate of drug-likeness (QED) is 0.525. The molecule has 0 aromatic rings. The van der Waals surface area contributed by atoms with Crippen LogP contribution in [-0.4, -0.2) is 57.7 Å². The molecule has 1 fully saturated rings. The summed E-state index contributed by atoms with van der Waals surface area (Å²) in [5.74, 6) is -2.31. The Balaban J connectivity index is 2.86. The average Bonchev–Trinajstić information content (AvgIpc) is 2.81. The number of esters is 1. The van der Waals surface area contributed by atoms with Crippen LogP contribution in [0.15, 0.2) is 0 Å². The van der Waals surface area contributed by atoms with Crippen LogP contribution in [0.4, 0.5) is 0 Å². The third-order valence-electron chi connectivity index (χ3n) is 2.79. The monoisotopic (exact) mass is 290 g/mol. The standard InChI is InChI=1S/C11H18N2O5S/c1-3-7-13(6(5-19-7)10(15)16)9(14)8(12)11(17)18-4-2/h6-8H,3-5,12H2,1-2H3,(H,15,16). The fraction of sp³-hybridized carbons (Fsp3) is 0.727. The van der Waals surface area contributed by atoms with Crippen LogP contribution < -0.4 is 5.73 Å². The number of rotatable bonds is 5. The van der Waals surface area contributed by atoms with Gasteiger partial charge in [0.05, 0.1) is 12.0 Å². The molecule has 19 heavy (non-hydrogen) atoms. The number of carbonyl (C=O) groups excluding carboxylic acids is 2. The zero-order chi connectivity index (χ0) is 14.6. The second-order valence-corrected chi connectivity index (χ2v) is 5.24. The number of thioether (sulfide) groups is 1. The first kappa shape index (κ1) is 15.8. The lowest BCUT2D eigenvalue weighted by Gasteiger charge is -2.28. The van der Waals surface area contributed by atoms with Gasteiger partial charge in [0.25, 0.3) is 5.91 Å². The van der Waals surface area contributed by atoms with Gasteiger partial charge in [-0.05, 0) is 13.3 Å². The van der Waals surface area contributed by atoms with Crippen molar-refractivity contribution in [3.8, 4) is 0 Å². The third kappa shape index (κ3) is 3.38. The summed E-state index contributed by atoms with van der Waals surface area (Å²) in [4.78, 5) is 36.0. The van der Waals surface area contributed by atoms with E-state index in [4.69, 9.17) is 10.8 Å². The number of hydrogen-bond donors (Lipinski definition) is 2. The van der Waals surface area contributed by atoms with Crippen molar-refractivity contribution in [1.82, 2.24) is 4.90 Å². The fourth-order valence-electron chi connectivity index (χ4n) is 1.86. The molecular weight excluding hydrogens is 272 g/mol. The van der Waals surface area contributed by atoms with Gasteiger partial charge in [-0.15, -0.1) is 11.8 Å². The van der Waals surface area contributed by atoms with Crippen LogP contribution in [0.3, 0.4) is 0 Å². The first-order valence-corrected chi connectivity index (χ1v) is 7.07. The smallest absolute Gasteiger partial charge is 0.332 e. The van der Waals surface area contributed by atoms with Gasteiger partial charge in [-0.3, -0.25) is 4.79 Å². The topological polar surface area (TPSA) is 110 Å². The summed E-state index contributed by atoms with van der Waals surface area (Å²) in [6.07, 6.45) is 0.593. The molecule has 8 heteroatoms. The van der Waals surface area contributed by atoms with E-state index in [1.807, 2.05) is 6.92 Å². The van der Waals surface area contributed by atoms with Crippen LogP contribution in [0.2, 0.25) is 0 Å². The number of aliphatic carboxylic acids is 1. The van der Waals surface area contributed by atoms with Gasteiger partial charge in [-0.25, -0.2) is 9.59 Å². The summed E-state index contributed by atoms with van der Waals surface area (Å²) in [6, 6.07) is -2.41. The van der Waals surface area contributed by atoms with E-state index < -0.39 is 29.9 Å². The summed E-state index contributed by atoms with van der Waals surface area (Å²) >= 11 is 1.37. The van der Waals surface area contributed by atoms with Crippen molar-refractivity contribution < 1.29 is 24.2 Å². The van der Waals surface area contributed by atoms with Crippen LogP contribution in [0.1, 0.15) is 20.3 Å². The highest BCUT2D eigenvalue weighted by atomic mass is 32.2. The van der Waals surface area contributed by atoms with Crippen LogP contribution in [0.5, 0.6) is 0 Å². The zero-order valence-corrected chi connectivity index (χ0v) is 11.7. The molecule has 3 unspecified atom stereocenters. The molecule has 1 heterocycles. The molecule has 0 bridgehead atoms. The molecule has 7 nitrogen and oxygen atoms in total. The minimum atomic E-state index is -1.46. The minimum absolute atomic E-state index is 0.119. The van der Waals surface area contributed by atoms with E-state index in [1.165, 1.54) is 16.7 Å². The highest BCUT2D eigenvalue weighted by Crippen LogP contribution is 2.31. The number of carboxylic acids is 1. The van der Waals surface area contributed by atoms with E-state index in [-0.39, 0.29) is 12.0 Å². The molecule has 0 radical (unpaired) electrons.